The molecule has 3 atom stereocenters. The van der Waals surface area contributed by atoms with E-state index in [1.807, 2.05) is 6.92 Å². The van der Waals surface area contributed by atoms with Crippen LogP contribution in [0.1, 0.15) is 20.8 Å². The van der Waals surface area contributed by atoms with Crippen LogP contribution < -0.4 is 0 Å². The van der Waals surface area contributed by atoms with Crippen LogP contribution in [-0.4, -0.2) is 35.7 Å². The Labute approximate surface area is 69.2 Å². The van der Waals surface area contributed by atoms with Crippen LogP contribution in [0.3, 0.4) is 0 Å². The lowest BCUT2D eigenvalue weighted by Gasteiger charge is -2.16. The van der Waals surface area contributed by atoms with Crippen molar-refractivity contribution in [2.75, 3.05) is 19.6 Å². The second-order valence-electron chi connectivity index (χ2n) is 4.02. The molecule has 0 bridgehead atoms. The third kappa shape index (κ3) is 2.46. The van der Waals surface area contributed by atoms with Crippen LogP contribution >= 0.6 is 0 Å². The van der Waals surface area contributed by atoms with E-state index >= 15 is 0 Å². The van der Waals surface area contributed by atoms with Crippen molar-refractivity contribution in [3.8, 4) is 0 Å². The first-order chi connectivity index (χ1) is 5.09. The third-order valence-electron chi connectivity index (χ3n) is 2.59. The second kappa shape index (κ2) is 3.55. The molecular weight excluding hydrogens is 138 g/mol. The molecule has 0 aliphatic carbocycles. The summed E-state index contributed by atoms with van der Waals surface area (Å²) in [6.45, 7) is 9.58. The van der Waals surface area contributed by atoms with Crippen molar-refractivity contribution in [1.82, 2.24) is 4.90 Å². The first-order valence-corrected chi connectivity index (χ1v) is 4.50. The lowest BCUT2D eigenvalue weighted by atomic mass is 10.0. The molecule has 1 N–H and O–H groups in total. The minimum atomic E-state index is -0.174. The molecule has 0 aromatic carbocycles. The summed E-state index contributed by atoms with van der Waals surface area (Å²) < 4.78 is 0. The molecule has 66 valence electrons. The van der Waals surface area contributed by atoms with E-state index < -0.39 is 0 Å². The predicted molar refractivity (Wildman–Crippen MR) is 46.4 cm³/mol. The SMILES string of the molecule is CC1CN(C[C@H](C)O)CC1C. The quantitative estimate of drug-likeness (QED) is 0.645. The molecule has 1 fully saturated rings. The van der Waals surface area contributed by atoms with E-state index in [2.05, 4.69) is 18.7 Å². The Hall–Kier alpha value is -0.0800. The molecule has 0 spiro atoms. The molecule has 0 aromatic rings. The van der Waals surface area contributed by atoms with E-state index in [0.29, 0.717) is 0 Å². The average molecular weight is 157 g/mol. The third-order valence-corrected chi connectivity index (χ3v) is 2.59. The largest absolute Gasteiger partial charge is 0.392 e. The van der Waals surface area contributed by atoms with Gasteiger partial charge in [0, 0.05) is 19.6 Å². The van der Waals surface area contributed by atoms with Gasteiger partial charge >= 0.3 is 0 Å². The van der Waals surface area contributed by atoms with Gasteiger partial charge < -0.3 is 10.0 Å². The smallest absolute Gasteiger partial charge is 0.0639 e. The molecule has 1 aliphatic heterocycles. The van der Waals surface area contributed by atoms with Crippen LogP contribution in [0.4, 0.5) is 0 Å². The normalized spacial score (nSPS) is 36.0. The minimum Gasteiger partial charge on any atom is -0.392 e. The van der Waals surface area contributed by atoms with Crippen LogP contribution in [0.2, 0.25) is 0 Å². The maximum absolute atomic E-state index is 9.14. The molecule has 1 rings (SSSR count). The molecule has 0 radical (unpaired) electrons. The van der Waals surface area contributed by atoms with Crippen molar-refractivity contribution in [1.29, 1.82) is 0 Å². The van der Waals surface area contributed by atoms with Gasteiger partial charge in [-0.1, -0.05) is 13.8 Å². The zero-order valence-electron chi connectivity index (χ0n) is 7.75. The van der Waals surface area contributed by atoms with Gasteiger partial charge in [0.25, 0.3) is 0 Å². The van der Waals surface area contributed by atoms with Crippen molar-refractivity contribution in [3.05, 3.63) is 0 Å². The molecular formula is C9H19NO. The Morgan fingerprint density at radius 3 is 2.18 bits per heavy atom. The highest BCUT2D eigenvalue weighted by atomic mass is 16.3. The Kier molecular flexibility index (Phi) is 2.90. The number of aliphatic hydroxyl groups excluding tert-OH is 1. The van der Waals surface area contributed by atoms with E-state index in [-0.39, 0.29) is 6.10 Å². The Morgan fingerprint density at radius 1 is 1.36 bits per heavy atom. The molecule has 1 saturated heterocycles. The number of likely N-dealkylation sites (tertiary alicyclic amines) is 1. The summed E-state index contributed by atoms with van der Waals surface area (Å²) in [5.41, 5.74) is 0. The fourth-order valence-corrected chi connectivity index (χ4v) is 1.77. The summed E-state index contributed by atoms with van der Waals surface area (Å²) in [5, 5.41) is 9.14. The fourth-order valence-electron chi connectivity index (χ4n) is 1.77. The molecule has 0 saturated carbocycles. The Balaban J connectivity index is 2.29. The van der Waals surface area contributed by atoms with Crippen molar-refractivity contribution < 1.29 is 5.11 Å². The van der Waals surface area contributed by atoms with E-state index in [1.54, 1.807) is 0 Å². The monoisotopic (exact) mass is 157 g/mol. The number of hydrogen-bond donors (Lipinski definition) is 1. The predicted octanol–water partition coefficient (Wildman–Crippen LogP) is 0.955. The van der Waals surface area contributed by atoms with Gasteiger partial charge in [0.2, 0.25) is 0 Å². The zero-order chi connectivity index (χ0) is 8.43. The number of nitrogens with zero attached hydrogens (tertiary/aromatic N) is 1. The molecule has 0 amide bonds. The van der Waals surface area contributed by atoms with E-state index in [4.69, 9.17) is 5.11 Å². The van der Waals surface area contributed by atoms with E-state index in [0.717, 1.165) is 31.5 Å². The summed E-state index contributed by atoms with van der Waals surface area (Å²) in [6, 6.07) is 0. The van der Waals surface area contributed by atoms with Crippen molar-refractivity contribution in [2.45, 2.75) is 26.9 Å². The molecule has 2 nitrogen and oxygen atoms in total. The molecule has 2 unspecified atom stereocenters. The Bertz CT molecular complexity index is 112. The van der Waals surface area contributed by atoms with Gasteiger partial charge in [-0.15, -0.1) is 0 Å². The molecule has 1 aliphatic rings. The number of β-amino-alcohol motifs (C(OH)–C–C–N with tert-alkyl or cyclic N) is 1. The summed E-state index contributed by atoms with van der Waals surface area (Å²) in [6.07, 6.45) is -0.174. The highest BCUT2D eigenvalue weighted by Crippen LogP contribution is 2.21. The summed E-state index contributed by atoms with van der Waals surface area (Å²) >= 11 is 0. The summed E-state index contributed by atoms with van der Waals surface area (Å²) in [7, 11) is 0. The average Bonchev–Trinajstić information content (AvgIpc) is 2.10. The van der Waals surface area contributed by atoms with E-state index in [1.165, 1.54) is 0 Å². The molecule has 2 heteroatoms. The maximum atomic E-state index is 9.14. The Morgan fingerprint density at radius 2 is 1.82 bits per heavy atom. The van der Waals surface area contributed by atoms with Crippen molar-refractivity contribution in [2.24, 2.45) is 11.8 Å². The lowest BCUT2D eigenvalue weighted by molar-refractivity contribution is 0.138. The van der Waals surface area contributed by atoms with Crippen LogP contribution in [-0.2, 0) is 0 Å². The van der Waals surface area contributed by atoms with Gasteiger partial charge in [0.05, 0.1) is 6.10 Å². The van der Waals surface area contributed by atoms with Crippen LogP contribution in [0.5, 0.6) is 0 Å². The standard InChI is InChI=1S/C9H19NO/c1-7-4-10(5-8(7)2)6-9(3)11/h7-9,11H,4-6H2,1-3H3/t7?,8?,9-/m0/s1. The van der Waals surface area contributed by atoms with Crippen molar-refractivity contribution in [3.63, 3.8) is 0 Å². The first-order valence-electron chi connectivity index (χ1n) is 4.50. The topological polar surface area (TPSA) is 23.5 Å². The van der Waals surface area contributed by atoms with Crippen LogP contribution in [0.15, 0.2) is 0 Å². The van der Waals surface area contributed by atoms with E-state index in [9.17, 15) is 0 Å². The summed E-state index contributed by atoms with van der Waals surface area (Å²) in [4.78, 5) is 2.35. The lowest BCUT2D eigenvalue weighted by Crippen LogP contribution is -2.29. The molecule has 0 aromatic heterocycles. The minimum absolute atomic E-state index is 0.174. The number of hydrogen-bond acceptors (Lipinski definition) is 2. The van der Waals surface area contributed by atoms with Gasteiger partial charge in [-0.3, -0.25) is 0 Å². The number of rotatable bonds is 2. The van der Waals surface area contributed by atoms with Crippen LogP contribution in [0.25, 0.3) is 0 Å². The number of aliphatic hydroxyl groups is 1. The van der Waals surface area contributed by atoms with Gasteiger partial charge in [0.15, 0.2) is 0 Å². The van der Waals surface area contributed by atoms with Gasteiger partial charge in [-0.25, -0.2) is 0 Å². The fraction of sp³-hybridized carbons (Fsp3) is 1.00. The molecule has 11 heavy (non-hydrogen) atoms. The summed E-state index contributed by atoms with van der Waals surface area (Å²) in [5.74, 6) is 1.60. The van der Waals surface area contributed by atoms with Gasteiger partial charge in [-0.05, 0) is 18.8 Å². The van der Waals surface area contributed by atoms with Crippen LogP contribution in [0, 0.1) is 11.8 Å². The maximum Gasteiger partial charge on any atom is 0.0639 e. The zero-order valence-corrected chi connectivity index (χ0v) is 7.75. The van der Waals surface area contributed by atoms with Gasteiger partial charge in [0.1, 0.15) is 0 Å². The molecule has 1 heterocycles. The van der Waals surface area contributed by atoms with Crippen molar-refractivity contribution >= 4 is 0 Å². The van der Waals surface area contributed by atoms with Gasteiger partial charge in [-0.2, -0.15) is 0 Å². The second-order valence-corrected chi connectivity index (χ2v) is 4.02. The highest BCUT2D eigenvalue weighted by molar-refractivity contribution is 4.79. The highest BCUT2D eigenvalue weighted by Gasteiger charge is 2.25. The first kappa shape index (κ1) is 9.01.